The number of carbonyl (C=O) groups excluding carboxylic acids is 1. The average Bonchev–Trinajstić information content (AvgIpc) is 2.70. The molecule has 1 aromatic heterocycles. The SMILES string of the molecule is CC(C)(CCN)CCC(=O)NCc1ccc(Br)s1. The van der Waals surface area contributed by atoms with Crippen LogP contribution in [0.25, 0.3) is 0 Å². The summed E-state index contributed by atoms with van der Waals surface area (Å²) >= 11 is 5.05. The Morgan fingerprint density at radius 3 is 2.72 bits per heavy atom. The molecule has 102 valence electrons. The topological polar surface area (TPSA) is 55.1 Å². The van der Waals surface area contributed by atoms with Gasteiger partial charge in [0.15, 0.2) is 0 Å². The Morgan fingerprint density at radius 1 is 1.44 bits per heavy atom. The molecule has 0 atom stereocenters. The van der Waals surface area contributed by atoms with Gasteiger partial charge < -0.3 is 11.1 Å². The number of amides is 1. The lowest BCUT2D eigenvalue weighted by molar-refractivity contribution is -0.121. The van der Waals surface area contributed by atoms with Gasteiger partial charge in [0.05, 0.1) is 10.3 Å². The highest BCUT2D eigenvalue weighted by molar-refractivity contribution is 9.11. The van der Waals surface area contributed by atoms with Crippen LogP contribution in [0.2, 0.25) is 0 Å². The van der Waals surface area contributed by atoms with Gasteiger partial charge in [0.1, 0.15) is 0 Å². The van der Waals surface area contributed by atoms with E-state index in [0.29, 0.717) is 19.5 Å². The molecule has 1 aromatic rings. The molecule has 0 bridgehead atoms. The van der Waals surface area contributed by atoms with Crippen LogP contribution in [-0.2, 0) is 11.3 Å². The van der Waals surface area contributed by atoms with Crippen LogP contribution >= 0.6 is 27.3 Å². The molecule has 0 aliphatic rings. The Bertz CT molecular complexity index is 390. The van der Waals surface area contributed by atoms with E-state index in [1.165, 1.54) is 0 Å². The molecule has 0 radical (unpaired) electrons. The van der Waals surface area contributed by atoms with E-state index in [4.69, 9.17) is 5.73 Å². The first kappa shape index (κ1) is 15.7. The molecule has 0 aromatic carbocycles. The normalized spacial score (nSPS) is 11.6. The molecular formula is C13H21BrN2OS. The van der Waals surface area contributed by atoms with Gasteiger partial charge in [0, 0.05) is 11.3 Å². The lowest BCUT2D eigenvalue weighted by atomic mass is 9.84. The van der Waals surface area contributed by atoms with Crippen molar-refractivity contribution in [3.63, 3.8) is 0 Å². The third-order valence-electron chi connectivity index (χ3n) is 2.94. The van der Waals surface area contributed by atoms with Crippen molar-refractivity contribution < 1.29 is 4.79 Å². The highest BCUT2D eigenvalue weighted by Gasteiger charge is 2.18. The van der Waals surface area contributed by atoms with E-state index >= 15 is 0 Å². The number of thiophene rings is 1. The predicted molar refractivity (Wildman–Crippen MR) is 80.6 cm³/mol. The molecule has 3 nitrogen and oxygen atoms in total. The van der Waals surface area contributed by atoms with Gasteiger partial charge in [0.25, 0.3) is 0 Å². The summed E-state index contributed by atoms with van der Waals surface area (Å²) < 4.78 is 1.09. The minimum Gasteiger partial charge on any atom is -0.351 e. The fraction of sp³-hybridized carbons (Fsp3) is 0.615. The molecule has 0 aliphatic carbocycles. The monoisotopic (exact) mass is 332 g/mol. The zero-order valence-electron chi connectivity index (χ0n) is 11.0. The molecule has 1 rings (SSSR count). The zero-order valence-corrected chi connectivity index (χ0v) is 13.4. The Labute approximate surface area is 121 Å². The molecule has 18 heavy (non-hydrogen) atoms. The van der Waals surface area contributed by atoms with Crippen molar-refractivity contribution in [2.75, 3.05) is 6.54 Å². The third-order valence-corrected chi connectivity index (χ3v) is 4.56. The second-order valence-corrected chi connectivity index (χ2v) is 7.73. The maximum absolute atomic E-state index is 11.7. The standard InChI is InChI=1S/C13H21BrN2OS/c1-13(2,7-8-15)6-5-12(17)16-9-10-3-4-11(14)18-10/h3-4H,5-9,15H2,1-2H3,(H,16,17). The number of rotatable bonds is 7. The van der Waals surface area contributed by atoms with Crippen LogP contribution < -0.4 is 11.1 Å². The van der Waals surface area contributed by atoms with Crippen LogP contribution in [0.5, 0.6) is 0 Å². The maximum Gasteiger partial charge on any atom is 0.220 e. The van der Waals surface area contributed by atoms with Gasteiger partial charge >= 0.3 is 0 Å². The first-order valence-corrected chi connectivity index (χ1v) is 7.75. The van der Waals surface area contributed by atoms with Crippen molar-refractivity contribution in [1.29, 1.82) is 0 Å². The second kappa shape index (κ2) is 7.26. The largest absolute Gasteiger partial charge is 0.351 e. The van der Waals surface area contributed by atoms with Gasteiger partial charge in [-0.2, -0.15) is 0 Å². The van der Waals surface area contributed by atoms with Crippen LogP contribution in [0.1, 0.15) is 38.0 Å². The van der Waals surface area contributed by atoms with Crippen molar-refractivity contribution in [2.24, 2.45) is 11.1 Å². The molecule has 3 N–H and O–H groups in total. The van der Waals surface area contributed by atoms with E-state index in [0.717, 1.165) is 21.5 Å². The highest BCUT2D eigenvalue weighted by Crippen LogP contribution is 2.26. The summed E-state index contributed by atoms with van der Waals surface area (Å²) in [6, 6.07) is 4.02. The number of nitrogens with two attached hydrogens (primary N) is 1. The maximum atomic E-state index is 11.7. The fourth-order valence-corrected chi connectivity index (χ4v) is 3.11. The summed E-state index contributed by atoms with van der Waals surface area (Å²) in [7, 11) is 0. The van der Waals surface area contributed by atoms with Crippen molar-refractivity contribution in [1.82, 2.24) is 5.32 Å². The Balaban J connectivity index is 2.26. The van der Waals surface area contributed by atoms with Crippen LogP contribution in [0.3, 0.4) is 0 Å². The van der Waals surface area contributed by atoms with Crippen molar-refractivity contribution >= 4 is 33.2 Å². The summed E-state index contributed by atoms with van der Waals surface area (Å²) in [5.41, 5.74) is 5.71. The highest BCUT2D eigenvalue weighted by atomic mass is 79.9. The molecule has 1 amide bonds. The lowest BCUT2D eigenvalue weighted by Gasteiger charge is -2.23. The first-order valence-electron chi connectivity index (χ1n) is 6.14. The lowest BCUT2D eigenvalue weighted by Crippen LogP contribution is -2.25. The third kappa shape index (κ3) is 5.98. The van der Waals surface area contributed by atoms with Crippen molar-refractivity contribution in [3.05, 3.63) is 20.8 Å². The molecule has 0 aliphatic heterocycles. The summed E-state index contributed by atoms with van der Waals surface area (Å²) in [4.78, 5) is 12.9. The molecule has 0 spiro atoms. The van der Waals surface area contributed by atoms with E-state index in [2.05, 4.69) is 35.1 Å². The summed E-state index contributed by atoms with van der Waals surface area (Å²) in [5.74, 6) is 0.115. The van der Waals surface area contributed by atoms with Crippen LogP contribution in [-0.4, -0.2) is 12.5 Å². The number of nitrogens with one attached hydrogen (secondary N) is 1. The first-order chi connectivity index (χ1) is 8.43. The summed E-state index contributed by atoms with van der Waals surface area (Å²) in [6.07, 6.45) is 2.40. The van der Waals surface area contributed by atoms with Crippen molar-refractivity contribution in [2.45, 2.75) is 39.7 Å². The van der Waals surface area contributed by atoms with E-state index in [1.54, 1.807) is 11.3 Å². The molecule has 5 heteroatoms. The van der Waals surface area contributed by atoms with Gasteiger partial charge in [-0.3, -0.25) is 4.79 Å². The van der Waals surface area contributed by atoms with Gasteiger partial charge in [-0.15, -0.1) is 11.3 Å². The fourth-order valence-electron chi connectivity index (χ4n) is 1.69. The van der Waals surface area contributed by atoms with E-state index < -0.39 is 0 Å². The molecule has 1 heterocycles. The van der Waals surface area contributed by atoms with Crippen molar-refractivity contribution in [3.8, 4) is 0 Å². The second-order valence-electron chi connectivity index (χ2n) is 5.19. The van der Waals surface area contributed by atoms with E-state index in [9.17, 15) is 4.79 Å². The summed E-state index contributed by atoms with van der Waals surface area (Å²) in [6.45, 7) is 5.61. The number of carbonyl (C=O) groups is 1. The number of hydrogen-bond acceptors (Lipinski definition) is 3. The van der Waals surface area contributed by atoms with E-state index in [-0.39, 0.29) is 11.3 Å². The number of halogens is 1. The summed E-state index contributed by atoms with van der Waals surface area (Å²) in [5, 5.41) is 2.95. The predicted octanol–water partition coefficient (Wildman–Crippen LogP) is 3.28. The molecular weight excluding hydrogens is 312 g/mol. The molecule has 0 saturated carbocycles. The molecule has 0 fully saturated rings. The average molecular weight is 333 g/mol. The molecule has 0 unspecified atom stereocenters. The number of hydrogen-bond donors (Lipinski definition) is 2. The van der Waals surface area contributed by atoms with Gasteiger partial charge in [-0.25, -0.2) is 0 Å². The van der Waals surface area contributed by atoms with Gasteiger partial charge in [-0.1, -0.05) is 13.8 Å². The van der Waals surface area contributed by atoms with Crippen LogP contribution in [0.4, 0.5) is 0 Å². The van der Waals surface area contributed by atoms with Crippen LogP contribution in [0.15, 0.2) is 15.9 Å². The Morgan fingerprint density at radius 2 is 2.17 bits per heavy atom. The quantitative estimate of drug-likeness (QED) is 0.804. The minimum absolute atomic E-state index is 0.115. The van der Waals surface area contributed by atoms with Gasteiger partial charge in [0.2, 0.25) is 5.91 Å². The smallest absolute Gasteiger partial charge is 0.220 e. The Hall–Kier alpha value is -0.390. The Kier molecular flexibility index (Phi) is 6.32. The van der Waals surface area contributed by atoms with E-state index in [1.807, 2.05) is 12.1 Å². The van der Waals surface area contributed by atoms with Gasteiger partial charge in [-0.05, 0) is 52.9 Å². The minimum atomic E-state index is 0.115. The molecule has 0 saturated heterocycles. The zero-order chi connectivity index (χ0) is 13.6. The van der Waals surface area contributed by atoms with Crippen LogP contribution in [0, 0.1) is 5.41 Å².